The van der Waals surface area contributed by atoms with Crippen LogP contribution in [0.3, 0.4) is 0 Å². The van der Waals surface area contributed by atoms with Crippen molar-refractivity contribution in [1.29, 1.82) is 0 Å². The lowest BCUT2D eigenvalue weighted by Gasteiger charge is -1.96. The average Bonchev–Trinajstić information content (AvgIpc) is 2.08. The summed E-state index contributed by atoms with van der Waals surface area (Å²) in [7, 11) is 0. The van der Waals surface area contributed by atoms with Gasteiger partial charge in [-0.1, -0.05) is 11.3 Å². The molecule has 9 heavy (non-hydrogen) atoms. The van der Waals surface area contributed by atoms with Crippen LogP contribution >= 0.6 is 11.3 Å². The van der Waals surface area contributed by atoms with Crippen LogP contribution in [0.2, 0.25) is 0 Å². The van der Waals surface area contributed by atoms with E-state index in [1.807, 2.05) is 5.51 Å². The van der Waals surface area contributed by atoms with E-state index >= 15 is 0 Å². The summed E-state index contributed by atoms with van der Waals surface area (Å²) >= 11 is 0.358. The van der Waals surface area contributed by atoms with E-state index in [0.717, 1.165) is 0 Å². The van der Waals surface area contributed by atoms with Gasteiger partial charge in [0.1, 0.15) is 0 Å². The lowest BCUT2D eigenvalue weighted by molar-refractivity contribution is -0.138. The fourth-order valence-electron chi connectivity index (χ4n) is 0.264. The topological polar surface area (TPSA) is 25.8 Å². The Kier molecular flexibility index (Phi) is 1.40. The van der Waals surface area contributed by atoms with Gasteiger partial charge in [-0.15, -0.1) is 10.2 Å². The first kappa shape index (κ1) is 6.47. The van der Waals surface area contributed by atoms with E-state index in [2.05, 4.69) is 10.2 Å². The molecule has 0 aliphatic carbocycles. The maximum Gasteiger partial charge on any atom is 0.445 e. The predicted octanol–water partition coefficient (Wildman–Crippen LogP) is 1.36. The zero-order valence-corrected chi connectivity index (χ0v) is 4.75. The Bertz CT molecular complexity index is 179. The quantitative estimate of drug-likeness (QED) is 0.562. The molecule has 1 rings (SSSR count). The Morgan fingerprint density at radius 2 is 2.11 bits per heavy atom. The number of hydrogen-bond acceptors (Lipinski definition) is 3. The molecule has 0 N–H and O–H groups in total. The van der Waals surface area contributed by atoms with Gasteiger partial charge in [-0.2, -0.15) is 13.2 Å². The lowest BCUT2D eigenvalue weighted by atomic mass is 10.7. The highest BCUT2D eigenvalue weighted by molar-refractivity contribution is 7.08. The molecule has 0 unspecified atom stereocenters. The van der Waals surface area contributed by atoms with Gasteiger partial charge in [0.15, 0.2) is 5.51 Å². The van der Waals surface area contributed by atoms with Crippen molar-refractivity contribution >= 4 is 11.3 Å². The first-order chi connectivity index (χ1) is 4.11. The van der Waals surface area contributed by atoms with Crippen LogP contribution in [0.15, 0.2) is 0 Å². The highest BCUT2D eigenvalue weighted by Crippen LogP contribution is 2.29. The van der Waals surface area contributed by atoms with Crippen LogP contribution in [0.5, 0.6) is 0 Å². The number of aromatic nitrogens is 2. The maximum absolute atomic E-state index is 11.5. The third-order valence-corrected chi connectivity index (χ3v) is 1.25. The molecule has 0 saturated heterocycles. The molecule has 2 nitrogen and oxygen atoms in total. The van der Waals surface area contributed by atoms with Gasteiger partial charge in [-0.3, -0.25) is 0 Å². The Balaban J connectivity index is 2.90. The van der Waals surface area contributed by atoms with Gasteiger partial charge in [-0.05, 0) is 0 Å². The van der Waals surface area contributed by atoms with Gasteiger partial charge in [0.25, 0.3) is 0 Å². The highest BCUT2D eigenvalue weighted by Gasteiger charge is 2.34. The summed E-state index contributed by atoms with van der Waals surface area (Å²) < 4.78 is 34.5. The summed E-state index contributed by atoms with van der Waals surface area (Å²) in [5.74, 6) is 0. The zero-order chi connectivity index (χ0) is 6.91. The second kappa shape index (κ2) is 1.94. The smallest absolute Gasteiger partial charge is 0.164 e. The fraction of sp³-hybridized carbons (Fsp3) is 0.333. The summed E-state index contributed by atoms with van der Waals surface area (Å²) in [5, 5.41) is 4.73. The largest absolute Gasteiger partial charge is 0.445 e. The van der Waals surface area contributed by atoms with Crippen LogP contribution in [0.1, 0.15) is 5.01 Å². The predicted molar refractivity (Wildman–Crippen MR) is 23.7 cm³/mol. The molecule has 0 atom stereocenters. The molecule has 0 aromatic carbocycles. The van der Waals surface area contributed by atoms with Gasteiger partial charge in [0.2, 0.25) is 5.01 Å². The van der Waals surface area contributed by atoms with E-state index in [9.17, 15) is 13.2 Å². The average molecular weight is 153 g/mol. The number of halogens is 3. The van der Waals surface area contributed by atoms with Crippen molar-refractivity contribution in [2.45, 2.75) is 6.18 Å². The van der Waals surface area contributed by atoms with Crippen LogP contribution in [0, 0.1) is 5.51 Å². The molecule has 1 aromatic rings. The maximum atomic E-state index is 11.5. The molecule has 0 bridgehead atoms. The van der Waals surface area contributed by atoms with Crippen molar-refractivity contribution in [1.82, 2.24) is 10.2 Å². The molecule has 0 spiro atoms. The van der Waals surface area contributed by atoms with Crippen molar-refractivity contribution in [3.63, 3.8) is 0 Å². The summed E-state index contributed by atoms with van der Waals surface area (Å²) in [4.78, 5) is 0. The number of hydrogen-bond donors (Lipinski definition) is 0. The van der Waals surface area contributed by atoms with E-state index in [4.69, 9.17) is 0 Å². The second-order valence-electron chi connectivity index (χ2n) is 1.20. The molecule has 0 aliphatic heterocycles. The van der Waals surface area contributed by atoms with Gasteiger partial charge < -0.3 is 0 Å². The van der Waals surface area contributed by atoms with Gasteiger partial charge in [0.05, 0.1) is 0 Å². The molecule has 1 heterocycles. The van der Waals surface area contributed by atoms with Crippen molar-refractivity contribution < 1.29 is 13.2 Å². The summed E-state index contributed by atoms with van der Waals surface area (Å²) in [5.41, 5.74) is 2.00. The minimum atomic E-state index is -4.36. The first-order valence-corrected chi connectivity index (χ1v) is 2.69. The molecular weight excluding hydrogens is 153 g/mol. The Morgan fingerprint density at radius 3 is 2.33 bits per heavy atom. The third-order valence-electron chi connectivity index (χ3n) is 0.566. The van der Waals surface area contributed by atoms with E-state index in [-0.39, 0.29) is 0 Å². The minimum Gasteiger partial charge on any atom is -0.164 e. The molecule has 6 heteroatoms. The Morgan fingerprint density at radius 1 is 1.44 bits per heavy atom. The standard InChI is InChI=1S/C3F3N2S/c4-3(5,6)2-8-7-1-9-2. The van der Waals surface area contributed by atoms with Gasteiger partial charge >= 0.3 is 6.18 Å². The Labute approximate surface area is 52.3 Å². The highest BCUT2D eigenvalue weighted by atomic mass is 32.1. The molecule has 0 saturated carbocycles. The first-order valence-electron chi connectivity index (χ1n) is 1.87. The number of alkyl halides is 3. The van der Waals surface area contributed by atoms with Crippen LogP contribution in [-0.4, -0.2) is 10.2 Å². The second-order valence-corrected chi connectivity index (χ2v) is 1.97. The fourth-order valence-corrected chi connectivity index (χ4v) is 0.630. The minimum absolute atomic E-state index is 0.358. The Hall–Kier alpha value is -0.650. The number of rotatable bonds is 0. The van der Waals surface area contributed by atoms with Crippen LogP contribution in [-0.2, 0) is 6.18 Å². The zero-order valence-electron chi connectivity index (χ0n) is 3.94. The molecule has 1 aromatic heterocycles. The summed E-state index contributed by atoms with van der Waals surface area (Å²) in [6, 6.07) is 0. The van der Waals surface area contributed by atoms with Crippen molar-refractivity contribution in [2.75, 3.05) is 0 Å². The molecular formula is C3F3N2S. The normalized spacial score (nSPS) is 11.9. The van der Waals surface area contributed by atoms with E-state index in [1.54, 1.807) is 0 Å². The van der Waals surface area contributed by atoms with Crippen LogP contribution in [0.25, 0.3) is 0 Å². The molecule has 0 amide bonds. The van der Waals surface area contributed by atoms with E-state index < -0.39 is 11.2 Å². The van der Waals surface area contributed by atoms with E-state index in [0.29, 0.717) is 11.3 Å². The van der Waals surface area contributed by atoms with Crippen molar-refractivity contribution in [3.05, 3.63) is 10.5 Å². The van der Waals surface area contributed by atoms with Crippen molar-refractivity contribution in [3.8, 4) is 0 Å². The molecule has 0 aliphatic rings. The summed E-state index contributed by atoms with van der Waals surface area (Å²) in [6.07, 6.45) is -4.36. The third kappa shape index (κ3) is 1.38. The van der Waals surface area contributed by atoms with Crippen LogP contribution in [0.4, 0.5) is 13.2 Å². The molecule has 0 fully saturated rings. The SMILES string of the molecule is FC(F)(F)c1nn[c]s1. The molecule has 49 valence electrons. The number of nitrogens with zero attached hydrogens (tertiary/aromatic N) is 2. The van der Waals surface area contributed by atoms with Crippen molar-refractivity contribution in [2.24, 2.45) is 0 Å². The van der Waals surface area contributed by atoms with Gasteiger partial charge in [-0.25, -0.2) is 0 Å². The van der Waals surface area contributed by atoms with E-state index in [1.165, 1.54) is 0 Å². The lowest BCUT2D eigenvalue weighted by Crippen LogP contribution is -2.03. The monoisotopic (exact) mass is 153 g/mol. The molecule has 1 radical (unpaired) electrons. The van der Waals surface area contributed by atoms with Gasteiger partial charge in [0, 0.05) is 0 Å². The summed E-state index contributed by atoms with van der Waals surface area (Å²) in [6.45, 7) is 0. The van der Waals surface area contributed by atoms with Crippen LogP contribution < -0.4 is 0 Å².